The van der Waals surface area contributed by atoms with Crippen molar-refractivity contribution in [1.29, 1.82) is 0 Å². The lowest BCUT2D eigenvalue weighted by Gasteiger charge is -2.37. The van der Waals surface area contributed by atoms with Crippen molar-refractivity contribution < 1.29 is 9.53 Å². The number of ether oxygens (including phenoxy) is 1. The van der Waals surface area contributed by atoms with E-state index in [1.54, 1.807) is 0 Å². The number of benzene rings is 2. The first-order valence-corrected chi connectivity index (χ1v) is 12.6. The van der Waals surface area contributed by atoms with Gasteiger partial charge in [0, 0.05) is 31.0 Å². The number of amides is 1. The molecule has 180 valence electrons. The van der Waals surface area contributed by atoms with E-state index >= 15 is 0 Å². The van der Waals surface area contributed by atoms with Crippen molar-refractivity contribution in [3.05, 3.63) is 70.8 Å². The molecule has 1 saturated heterocycles. The SMILES string of the molecule is CCCCNC(=O)O[C@H]1CNC(C(C)(c2ccc(C(C)C)cc2)c2ccc(C(C)C)cc2)C1. The molecule has 2 aromatic carbocycles. The molecule has 2 aromatic rings. The van der Waals surface area contributed by atoms with Gasteiger partial charge in [-0.15, -0.1) is 0 Å². The second kappa shape index (κ2) is 11.2. The third-order valence-corrected chi connectivity index (χ3v) is 7.21. The van der Waals surface area contributed by atoms with Crippen LogP contribution in [0, 0.1) is 0 Å². The Labute approximate surface area is 200 Å². The van der Waals surface area contributed by atoms with Gasteiger partial charge in [0.25, 0.3) is 0 Å². The van der Waals surface area contributed by atoms with Crippen LogP contribution >= 0.6 is 0 Å². The summed E-state index contributed by atoms with van der Waals surface area (Å²) in [6, 6.07) is 18.3. The average Bonchev–Trinajstić information content (AvgIpc) is 3.27. The Morgan fingerprint density at radius 3 is 1.97 bits per heavy atom. The quantitative estimate of drug-likeness (QED) is 0.429. The molecule has 0 aromatic heterocycles. The fraction of sp³-hybridized carbons (Fsp3) is 0.552. The van der Waals surface area contributed by atoms with E-state index in [0.717, 1.165) is 19.3 Å². The number of hydrogen-bond donors (Lipinski definition) is 2. The largest absolute Gasteiger partial charge is 0.445 e. The summed E-state index contributed by atoms with van der Waals surface area (Å²) in [5.74, 6) is 1.01. The molecule has 0 saturated carbocycles. The molecule has 0 aliphatic carbocycles. The highest BCUT2D eigenvalue weighted by Crippen LogP contribution is 2.40. The summed E-state index contributed by atoms with van der Waals surface area (Å²) in [6.07, 6.45) is 2.38. The third kappa shape index (κ3) is 5.97. The smallest absolute Gasteiger partial charge is 0.407 e. The Hall–Kier alpha value is -2.33. The average molecular weight is 451 g/mol. The molecule has 4 heteroatoms. The van der Waals surface area contributed by atoms with Crippen molar-refractivity contribution in [1.82, 2.24) is 10.6 Å². The maximum Gasteiger partial charge on any atom is 0.407 e. The molecule has 0 radical (unpaired) electrons. The van der Waals surface area contributed by atoms with Gasteiger partial charge in [0.05, 0.1) is 0 Å². The van der Waals surface area contributed by atoms with Gasteiger partial charge in [-0.2, -0.15) is 0 Å². The number of hydrogen-bond acceptors (Lipinski definition) is 3. The lowest BCUT2D eigenvalue weighted by atomic mass is 9.69. The van der Waals surface area contributed by atoms with Gasteiger partial charge in [0.1, 0.15) is 6.10 Å². The van der Waals surface area contributed by atoms with Crippen LogP contribution in [0.2, 0.25) is 0 Å². The molecule has 1 aliphatic rings. The maximum atomic E-state index is 12.2. The van der Waals surface area contributed by atoms with Gasteiger partial charge in [0.15, 0.2) is 0 Å². The standard InChI is InChI=1S/C29H42N2O2/c1-7-8-17-30-28(32)33-26-18-27(31-19-26)29(6,24-13-9-22(10-14-24)20(2)3)25-15-11-23(12-16-25)21(4)5/h9-16,20-21,26-27,31H,7-8,17-19H2,1-6H3,(H,30,32)/t26-,27?/m1/s1. The van der Waals surface area contributed by atoms with Gasteiger partial charge in [-0.05, 0) is 47.4 Å². The van der Waals surface area contributed by atoms with Crippen LogP contribution in [0.25, 0.3) is 0 Å². The molecular weight excluding hydrogens is 408 g/mol. The monoisotopic (exact) mass is 450 g/mol. The normalized spacial score (nSPS) is 18.7. The van der Waals surface area contributed by atoms with E-state index < -0.39 is 0 Å². The lowest BCUT2D eigenvalue weighted by molar-refractivity contribution is 0.105. The zero-order chi connectivity index (χ0) is 24.0. The van der Waals surface area contributed by atoms with Crippen molar-refractivity contribution in [2.24, 2.45) is 0 Å². The van der Waals surface area contributed by atoms with E-state index in [2.05, 4.69) is 101 Å². The highest BCUT2D eigenvalue weighted by molar-refractivity contribution is 5.67. The number of carbonyl (C=O) groups excluding carboxylic acids is 1. The molecule has 0 spiro atoms. The molecule has 0 bridgehead atoms. The first kappa shape index (κ1) is 25.3. The first-order valence-electron chi connectivity index (χ1n) is 12.6. The molecule has 3 rings (SSSR count). The summed E-state index contributed by atoms with van der Waals surface area (Å²) in [5, 5.41) is 6.56. The Bertz CT molecular complexity index is 835. The maximum absolute atomic E-state index is 12.2. The van der Waals surface area contributed by atoms with Gasteiger partial charge in [-0.3, -0.25) is 0 Å². The van der Waals surface area contributed by atoms with Crippen molar-refractivity contribution in [3.63, 3.8) is 0 Å². The summed E-state index contributed by atoms with van der Waals surface area (Å²) in [4.78, 5) is 12.2. The minimum atomic E-state index is -0.305. The zero-order valence-corrected chi connectivity index (χ0v) is 21.3. The topological polar surface area (TPSA) is 50.4 Å². The van der Waals surface area contributed by atoms with Gasteiger partial charge in [-0.25, -0.2) is 4.79 Å². The summed E-state index contributed by atoms with van der Waals surface area (Å²) < 4.78 is 5.74. The van der Waals surface area contributed by atoms with Crippen LogP contribution in [0.5, 0.6) is 0 Å². The van der Waals surface area contributed by atoms with E-state index in [0.29, 0.717) is 24.9 Å². The van der Waals surface area contributed by atoms with Crippen LogP contribution in [0.15, 0.2) is 48.5 Å². The molecule has 2 N–H and O–H groups in total. The molecule has 1 unspecified atom stereocenters. The summed E-state index contributed by atoms with van der Waals surface area (Å²) in [6.45, 7) is 14.7. The molecule has 1 aliphatic heterocycles. The van der Waals surface area contributed by atoms with Crippen molar-refractivity contribution in [3.8, 4) is 0 Å². The highest BCUT2D eigenvalue weighted by Gasteiger charge is 2.43. The summed E-state index contributed by atoms with van der Waals surface area (Å²) in [7, 11) is 0. The van der Waals surface area contributed by atoms with Crippen molar-refractivity contribution in [2.75, 3.05) is 13.1 Å². The zero-order valence-electron chi connectivity index (χ0n) is 21.3. The van der Waals surface area contributed by atoms with Crippen molar-refractivity contribution in [2.45, 2.75) is 90.2 Å². The van der Waals surface area contributed by atoms with Gasteiger partial charge in [-0.1, -0.05) is 89.6 Å². The molecule has 4 nitrogen and oxygen atoms in total. The highest BCUT2D eigenvalue weighted by atomic mass is 16.6. The second-order valence-corrected chi connectivity index (χ2v) is 10.3. The molecular formula is C29H42N2O2. The Morgan fingerprint density at radius 1 is 1.00 bits per heavy atom. The molecule has 1 fully saturated rings. The van der Waals surface area contributed by atoms with E-state index in [-0.39, 0.29) is 23.7 Å². The number of carbonyl (C=O) groups is 1. The second-order valence-electron chi connectivity index (χ2n) is 10.3. The first-order chi connectivity index (χ1) is 15.8. The number of alkyl carbamates (subject to hydrolysis) is 1. The van der Waals surface area contributed by atoms with Crippen molar-refractivity contribution >= 4 is 6.09 Å². The van der Waals surface area contributed by atoms with E-state index in [1.807, 2.05) is 0 Å². The van der Waals surface area contributed by atoms with Gasteiger partial charge >= 0.3 is 6.09 Å². The summed E-state index contributed by atoms with van der Waals surface area (Å²) in [5.41, 5.74) is 5.03. The van der Waals surface area contributed by atoms with Gasteiger partial charge < -0.3 is 15.4 Å². The molecule has 1 amide bonds. The Balaban J connectivity index is 1.85. The fourth-order valence-electron chi connectivity index (χ4n) is 4.79. The van der Waals surface area contributed by atoms with E-state index in [9.17, 15) is 4.79 Å². The fourth-order valence-corrected chi connectivity index (χ4v) is 4.79. The Kier molecular flexibility index (Phi) is 8.58. The van der Waals surface area contributed by atoms with Crippen LogP contribution < -0.4 is 10.6 Å². The third-order valence-electron chi connectivity index (χ3n) is 7.21. The van der Waals surface area contributed by atoms with Crippen LogP contribution in [0.4, 0.5) is 4.79 Å². The minimum Gasteiger partial charge on any atom is -0.445 e. The van der Waals surface area contributed by atoms with Crippen LogP contribution in [-0.2, 0) is 10.2 Å². The van der Waals surface area contributed by atoms with Crippen LogP contribution in [0.1, 0.15) is 94.9 Å². The van der Waals surface area contributed by atoms with Gasteiger partial charge in [0.2, 0.25) is 0 Å². The molecule has 33 heavy (non-hydrogen) atoms. The van der Waals surface area contributed by atoms with E-state index in [4.69, 9.17) is 4.74 Å². The number of nitrogens with one attached hydrogen (secondary N) is 2. The molecule has 2 atom stereocenters. The predicted octanol–water partition coefficient (Wildman–Crippen LogP) is 6.50. The minimum absolute atomic E-state index is 0.124. The molecule has 1 heterocycles. The summed E-state index contributed by atoms with van der Waals surface area (Å²) >= 11 is 0. The van der Waals surface area contributed by atoms with Crippen LogP contribution in [-0.4, -0.2) is 31.3 Å². The number of unbranched alkanes of at least 4 members (excludes halogenated alkanes) is 1. The van der Waals surface area contributed by atoms with E-state index in [1.165, 1.54) is 22.3 Å². The van der Waals surface area contributed by atoms with Crippen LogP contribution in [0.3, 0.4) is 0 Å². The number of rotatable bonds is 9. The predicted molar refractivity (Wildman–Crippen MR) is 137 cm³/mol. The Morgan fingerprint density at radius 2 is 1.52 bits per heavy atom. The lowest BCUT2D eigenvalue weighted by Crippen LogP contribution is -2.44.